The molecule has 1 aliphatic heterocycles. The van der Waals surface area contributed by atoms with Crippen LogP contribution in [0.3, 0.4) is 0 Å². The highest BCUT2D eigenvalue weighted by Gasteiger charge is 2.26. The van der Waals surface area contributed by atoms with Gasteiger partial charge in [-0.3, -0.25) is 14.4 Å². The van der Waals surface area contributed by atoms with Crippen molar-refractivity contribution in [3.05, 3.63) is 42.1 Å². The lowest BCUT2D eigenvalue weighted by atomic mass is 9.97. The molecule has 0 amide bonds. The van der Waals surface area contributed by atoms with Crippen molar-refractivity contribution in [3.63, 3.8) is 0 Å². The maximum absolute atomic E-state index is 11.8. The molecule has 0 spiro atoms. The fourth-order valence-corrected chi connectivity index (χ4v) is 3.09. The Balaban J connectivity index is 1.55. The number of nitrogens with zero attached hydrogens (tertiary/aromatic N) is 4. The minimum Gasteiger partial charge on any atom is -0.466 e. The SMILES string of the molecule is CCOC(=O)C1CCN(Cn2ccc(-c3ccc(C#N)cc3)n2)CC1. The highest BCUT2D eigenvalue weighted by molar-refractivity contribution is 5.72. The van der Waals surface area contributed by atoms with E-state index in [0.717, 1.165) is 37.2 Å². The molecule has 1 saturated heterocycles. The Kier molecular flexibility index (Phi) is 5.46. The molecule has 0 N–H and O–H groups in total. The second-order valence-corrected chi connectivity index (χ2v) is 6.22. The van der Waals surface area contributed by atoms with Gasteiger partial charge in [0.2, 0.25) is 0 Å². The Morgan fingerprint density at radius 2 is 2.00 bits per heavy atom. The molecule has 1 aromatic heterocycles. The number of benzene rings is 1. The molecule has 0 saturated carbocycles. The summed E-state index contributed by atoms with van der Waals surface area (Å²) in [4.78, 5) is 14.1. The predicted molar refractivity (Wildman–Crippen MR) is 93.3 cm³/mol. The molecule has 130 valence electrons. The van der Waals surface area contributed by atoms with Crippen LogP contribution in [0.25, 0.3) is 11.3 Å². The van der Waals surface area contributed by atoms with E-state index in [4.69, 9.17) is 10.00 Å². The fraction of sp³-hybridized carbons (Fsp3) is 0.421. The standard InChI is InChI=1S/C19H22N4O2/c1-2-25-19(24)17-7-10-22(11-8-17)14-23-12-9-18(21-23)16-5-3-15(13-20)4-6-16/h3-6,9,12,17H,2,7-8,10-11,14H2,1H3. The van der Waals surface area contributed by atoms with Crippen LogP contribution in [-0.4, -0.2) is 40.3 Å². The maximum Gasteiger partial charge on any atom is 0.309 e. The average Bonchev–Trinajstić information content (AvgIpc) is 3.11. The van der Waals surface area contributed by atoms with E-state index in [0.29, 0.717) is 18.8 Å². The zero-order valence-corrected chi connectivity index (χ0v) is 14.4. The van der Waals surface area contributed by atoms with Crippen LogP contribution in [0.2, 0.25) is 0 Å². The molecule has 3 rings (SSSR count). The molecule has 0 bridgehead atoms. The lowest BCUT2D eigenvalue weighted by molar-refractivity contribution is -0.149. The van der Waals surface area contributed by atoms with Gasteiger partial charge in [-0.1, -0.05) is 12.1 Å². The van der Waals surface area contributed by atoms with E-state index in [-0.39, 0.29) is 11.9 Å². The molecule has 1 aromatic carbocycles. The summed E-state index contributed by atoms with van der Waals surface area (Å²) in [6.07, 6.45) is 3.64. The van der Waals surface area contributed by atoms with E-state index in [9.17, 15) is 4.79 Å². The number of likely N-dealkylation sites (tertiary alicyclic amines) is 1. The summed E-state index contributed by atoms with van der Waals surface area (Å²) < 4.78 is 7.02. The molecule has 0 aliphatic carbocycles. The number of piperidine rings is 1. The van der Waals surface area contributed by atoms with Gasteiger partial charge < -0.3 is 4.74 Å². The first-order valence-corrected chi connectivity index (χ1v) is 8.62. The van der Waals surface area contributed by atoms with E-state index in [2.05, 4.69) is 16.1 Å². The molecule has 0 unspecified atom stereocenters. The van der Waals surface area contributed by atoms with Crippen LogP contribution in [0, 0.1) is 17.2 Å². The van der Waals surface area contributed by atoms with Crippen molar-refractivity contribution < 1.29 is 9.53 Å². The number of hydrogen-bond donors (Lipinski definition) is 0. The van der Waals surface area contributed by atoms with Crippen molar-refractivity contribution in [2.75, 3.05) is 19.7 Å². The minimum absolute atomic E-state index is 0.0306. The fourth-order valence-electron chi connectivity index (χ4n) is 3.09. The molecular formula is C19H22N4O2. The third-order valence-corrected chi connectivity index (χ3v) is 4.50. The zero-order chi connectivity index (χ0) is 17.6. The normalized spacial score (nSPS) is 15.7. The number of hydrogen-bond acceptors (Lipinski definition) is 5. The van der Waals surface area contributed by atoms with Gasteiger partial charge in [-0.25, -0.2) is 0 Å². The van der Waals surface area contributed by atoms with Crippen LogP contribution < -0.4 is 0 Å². The second-order valence-electron chi connectivity index (χ2n) is 6.22. The Morgan fingerprint density at radius 3 is 2.64 bits per heavy atom. The molecule has 0 atom stereocenters. The summed E-state index contributed by atoms with van der Waals surface area (Å²) in [5.74, 6) is -0.0348. The number of esters is 1. The smallest absolute Gasteiger partial charge is 0.309 e. The molecule has 6 heteroatoms. The topological polar surface area (TPSA) is 71.2 Å². The summed E-state index contributed by atoms with van der Waals surface area (Å²) in [6.45, 7) is 4.75. The Bertz CT molecular complexity index is 752. The quantitative estimate of drug-likeness (QED) is 0.784. The van der Waals surface area contributed by atoms with E-state index in [1.54, 1.807) is 12.1 Å². The molecule has 2 aromatic rings. The first-order chi connectivity index (χ1) is 12.2. The second kappa shape index (κ2) is 7.95. The van der Waals surface area contributed by atoms with Crippen molar-refractivity contribution in [1.82, 2.24) is 14.7 Å². The van der Waals surface area contributed by atoms with Gasteiger partial charge in [0, 0.05) is 24.8 Å². The van der Waals surface area contributed by atoms with E-state index >= 15 is 0 Å². The molecule has 6 nitrogen and oxygen atoms in total. The van der Waals surface area contributed by atoms with Crippen molar-refractivity contribution >= 4 is 5.97 Å². The van der Waals surface area contributed by atoms with Crippen LogP contribution >= 0.6 is 0 Å². The number of carbonyl (C=O) groups is 1. The van der Waals surface area contributed by atoms with E-state index < -0.39 is 0 Å². The van der Waals surface area contributed by atoms with Gasteiger partial charge in [0.1, 0.15) is 0 Å². The summed E-state index contributed by atoms with van der Waals surface area (Å²) in [6, 6.07) is 11.5. The monoisotopic (exact) mass is 338 g/mol. The van der Waals surface area contributed by atoms with Gasteiger partial charge in [0.25, 0.3) is 0 Å². The van der Waals surface area contributed by atoms with Crippen LogP contribution in [0.1, 0.15) is 25.3 Å². The largest absolute Gasteiger partial charge is 0.466 e. The summed E-state index contributed by atoms with van der Waals surface area (Å²) in [5, 5.41) is 13.5. The lowest BCUT2D eigenvalue weighted by Crippen LogP contribution is -2.38. The third-order valence-electron chi connectivity index (χ3n) is 4.50. The van der Waals surface area contributed by atoms with Crippen molar-refractivity contribution in [3.8, 4) is 17.3 Å². The Hall–Kier alpha value is -2.65. The summed E-state index contributed by atoms with van der Waals surface area (Å²) in [5.41, 5.74) is 2.54. The molecule has 25 heavy (non-hydrogen) atoms. The van der Waals surface area contributed by atoms with Gasteiger partial charge in [-0.2, -0.15) is 10.4 Å². The zero-order valence-electron chi connectivity index (χ0n) is 14.4. The van der Waals surface area contributed by atoms with E-state index in [1.807, 2.05) is 36.0 Å². The first-order valence-electron chi connectivity index (χ1n) is 8.62. The van der Waals surface area contributed by atoms with E-state index in [1.165, 1.54) is 0 Å². The molecule has 1 aliphatic rings. The van der Waals surface area contributed by atoms with Crippen molar-refractivity contribution in [1.29, 1.82) is 5.26 Å². The number of aromatic nitrogens is 2. The lowest BCUT2D eigenvalue weighted by Gasteiger charge is -2.30. The molecule has 1 fully saturated rings. The minimum atomic E-state index is -0.0654. The van der Waals surface area contributed by atoms with Gasteiger partial charge >= 0.3 is 5.97 Å². The highest BCUT2D eigenvalue weighted by atomic mass is 16.5. The number of nitriles is 1. The van der Waals surface area contributed by atoms with Crippen LogP contribution in [-0.2, 0) is 16.2 Å². The van der Waals surface area contributed by atoms with Gasteiger partial charge in [0.05, 0.1) is 36.5 Å². The first kappa shape index (κ1) is 17.2. The molecular weight excluding hydrogens is 316 g/mol. The van der Waals surface area contributed by atoms with Crippen LogP contribution in [0.4, 0.5) is 0 Å². The molecule has 0 radical (unpaired) electrons. The van der Waals surface area contributed by atoms with Gasteiger partial charge in [-0.15, -0.1) is 0 Å². The third kappa shape index (κ3) is 4.25. The Labute approximate surface area is 147 Å². The highest BCUT2D eigenvalue weighted by Crippen LogP contribution is 2.20. The predicted octanol–water partition coefficient (Wildman–Crippen LogP) is 2.65. The molecule has 2 heterocycles. The van der Waals surface area contributed by atoms with Crippen molar-refractivity contribution in [2.24, 2.45) is 5.92 Å². The van der Waals surface area contributed by atoms with Crippen LogP contribution in [0.5, 0.6) is 0 Å². The van der Waals surface area contributed by atoms with Gasteiger partial charge in [0.15, 0.2) is 0 Å². The summed E-state index contributed by atoms with van der Waals surface area (Å²) in [7, 11) is 0. The summed E-state index contributed by atoms with van der Waals surface area (Å²) >= 11 is 0. The average molecular weight is 338 g/mol. The maximum atomic E-state index is 11.8. The van der Waals surface area contributed by atoms with Gasteiger partial charge in [-0.05, 0) is 38.0 Å². The Morgan fingerprint density at radius 1 is 1.28 bits per heavy atom. The van der Waals surface area contributed by atoms with Crippen molar-refractivity contribution in [2.45, 2.75) is 26.4 Å². The number of ether oxygens (including phenoxy) is 1. The number of carbonyl (C=O) groups excluding carboxylic acids is 1. The van der Waals surface area contributed by atoms with Crippen LogP contribution in [0.15, 0.2) is 36.5 Å². The number of rotatable bonds is 5.